The van der Waals surface area contributed by atoms with Crippen LogP contribution in [0, 0.1) is 0 Å². The van der Waals surface area contributed by atoms with E-state index in [1.54, 1.807) is 24.8 Å². The summed E-state index contributed by atoms with van der Waals surface area (Å²) in [6.45, 7) is 1.89. The molecule has 4 heterocycles. The smallest absolute Gasteiger partial charge is 0.159 e. The van der Waals surface area contributed by atoms with Crippen molar-refractivity contribution in [2.45, 2.75) is 18.8 Å². The van der Waals surface area contributed by atoms with Gasteiger partial charge in [0.2, 0.25) is 0 Å². The molecule has 122 valence electrons. The zero-order valence-electron chi connectivity index (χ0n) is 13.6. The van der Waals surface area contributed by atoms with Gasteiger partial charge in [-0.1, -0.05) is 0 Å². The summed E-state index contributed by atoms with van der Waals surface area (Å²) in [5, 5.41) is 0. The molecule has 1 aliphatic heterocycles. The highest BCUT2D eigenvalue weighted by Gasteiger charge is 2.24. The zero-order valence-corrected chi connectivity index (χ0v) is 13.6. The number of anilines is 1. The largest absolute Gasteiger partial charge is 0.355 e. The molecule has 7 heteroatoms. The second kappa shape index (κ2) is 6.35. The van der Waals surface area contributed by atoms with E-state index in [0.29, 0.717) is 5.92 Å². The van der Waals surface area contributed by atoms with Crippen molar-refractivity contribution < 1.29 is 0 Å². The van der Waals surface area contributed by atoms with Crippen molar-refractivity contribution >= 4 is 5.82 Å². The maximum atomic E-state index is 4.82. The van der Waals surface area contributed by atoms with E-state index in [1.807, 2.05) is 30.2 Å². The Morgan fingerprint density at radius 3 is 2.79 bits per heavy atom. The van der Waals surface area contributed by atoms with Crippen LogP contribution >= 0.6 is 0 Å². The van der Waals surface area contributed by atoms with Crippen LogP contribution in [0.5, 0.6) is 0 Å². The molecule has 0 saturated carbocycles. The van der Waals surface area contributed by atoms with Crippen molar-refractivity contribution in [2.75, 3.05) is 18.0 Å². The quantitative estimate of drug-likeness (QED) is 0.735. The first-order valence-electron chi connectivity index (χ1n) is 8.12. The van der Waals surface area contributed by atoms with Crippen LogP contribution in [0.25, 0.3) is 11.5 Å². The van der Waals surface area contributed by atoms with Crippen molar-refractivity contribution in [2.24, 2.45) is 7.05 Å². The molecule has 0 aromatic carbocycles. The van der Waals surface area contributed by atoms with Gasteiger partial charge < -0.3 is 9.47 Å². The Kier molecular flexibility index (Phi) is 3.90. The number of imidazole rings is 1. The van der Waals surface area contributed by atoms with E-state index >= 15 is 0 Å². The third kappa shape index (κ3) is 2.84. The molecular formula is C17H19N7. The average molecular weight is 321 g/mol. The summed E-state index contributed by atoms with van der Waals surface area (Å²) in [4.78, 5) is 24.4. The van der Waals surface area contributed by atoms with Gasteiger partial charge in [0, 0.05) is 57.0 Å². The van der Waals surface area contributed by atoms with Crippen LogP contribution in [0.3, 0.4) is 0 Å². The summed E-state index contributed by atoms with van der Waals surface area (Å²) in [7, 11) is 1.97. The van der Waals surface area contributed by atoms with E-state index in [1.165, 1.54) is 0 Å². The molecule has 0 N–H and O–H groups in total. The minimum Gasteiger partial charge on any atom is -0.355 e. The van der Waals surface area contributed by atoms with Gasteiger partial charge in [-0.15, -0.1) is 0 Å². The Morgan fingerprint density at radius 2 is 2.00 bits per heavy atom. The van der Waals surface area contributed by atoms with Gasteiger partial charge in [0.1, 0.15) is 11.5 Å². The molecule has 0 bridgehead atoms. The number of rotatable bonds is 3. The number of aryl methyl sites for hydroxylation is 1. The molecule has 0 radical (unpaired) electrons. The van der Waals surface area contributed by atoms with Crippen molar-refractivity contribution in [1.82, 2.24) is 29.5 Å². The molecule has 1 aliphatic rings. The Morgan fingerprint density at radius 1 is 1.04 bits per heavy atom. The standard InChI is InChI=1S/C17H19N7/c1-23-8-6-21-17(23)15-10-19-9-14(22-15)13-3-2-7-24(12-13)16-11-18-4-5-20-16/h4-6,8-11,13H,2-3,7,12H2,1H3/t13-/m1/s1. The SMILES string of the molecule is Cn1ccnc1-c1cncc([C@@H]2CCCN(c3cnccn3)C2)n1. The fourth-order valence-corrected chi connectivity index (χ4v) is 3.18. The van der Waals surface area contributed by atoms with Gasteiger partial charge >= 0.3 is 0 Å². The topological polar surface area (TPSA) is 72.6 Å². The van der Waals surface area contributed by atoms with E-state index < -0.39 is 0 Å². The van der Waals surface area contributed by atoms with Crippen molar-refractivity contribution in [3.63, 3.8) is 0 Å². The molecule has 3 aromatic heterocycles. The number of nitrogens with zero attached hydrogens (tertiary/aromatic N) is 7. The fraction of sp³-hybridized carbons (Fsp3) is 0.353. The van der Waals surface area contributed by atoms with Gasteiger partial charge in [-0.3, -0.25) is 9.97 Å². The normalized spacial score (nSPS) is 17.9. The monoisotopic (exact) mass is 321 g/mol. The highest BCUT2D eigenvalue weighted by molar-refractivity contribution is 5.48. The highest BCUT2D eigenvalue weighted by atomic mass is 15.2. The number of hydrogen-bond acceptors (Lipinski definition) is 6. The van der Waals surface area contributed by atoms with Crippen LogP contribution in [0.15, 0.2) is 43.4 Å². The maximum absolute atomic E-state index is 4.82. The van der Waals surface area contributed by atoms with E-state index in [0.717, 1.165) is 49.0 Å². The zero-order chi connectivity index (χ0) is 16.4. The van der Waals surface area contributed by atoms with Gasteiger partial charge in [0.15, 0.2) is 5.82 Å². The molecule has 0 aliphatic carbocycles. The number of piperidine rings is 1. The summed E-state index contributed by atoms with van der Waals surface area (Å²) in [5.74, 6) is 2.11. The molecule has 1 atom stereocenters. The predicted molar refractivity (Wildman–Crippen MR) is 90.5 cm³/mol. The number of aromatic nitrogens is 6. The molecule has 0 spiro atoms. The van der Waals surface area contributed by atoms with Crippen molar-refractivity contribution in [1.29, 1.82) is 0 Å². The Balaban J connectivity index is 1.58. The van der Waals surface area contributed by atoms with Crippen LogP contribution in [0.2, 0.25) is 0 Å². The highest BCUT2D eigenvalue weighted by Crippen LogP contribution is 2.28. The van der Waals surface area contributed by atoms with Gasteiger partial charge in [0.25, 0.3) is 0 Å². The number of hydrogen-bond donors (Lipinski definition) is 0. The summed E-state index contributed by atoms with van der Waals surface area (Å²) >= 11 is 0. The molecule has 7 nitrogen and oxygen atoms in total. The molecular weight excluding hydrogens is 302 g/mol. The Bertz CT molecular complexity index is 815. The second-order valence-electron chi connectivity index (χ2n) is 6.04. The lowest BCUT2D eigenvalue weighted by molar-refractivity contribution is 0.497. The first-order chi connectivity index (χ1) is 11.8. The van der Waals surface area contributed by atoms with Gasteiger partial charge in [-0.2, -0.15) is 0 Å². The summed E-state index contributed by atoms with van der Waals surface area (Å²) < 4.78 is 1.96. The van der Waals surface area contributed by atoms with Crippen LogP contribution in [0.4, 0.5) is 5.82 Å². The van der Waals surface area contributed by atoms with Crippen LogP contribution < -0.4 is 4.90 Å². The second-order valence-corrected chi connectivity index (χ2v) is 6.04. The molecule has 3 aromatic rings. The third-order valence-electron chi connectivity index (χ3n) is 4.42. The Labute approximate surface area is 140 Å². The lowest BCUT2D eigenvalue weighted by Crippen LogP contribution is -2.35. The van der Waals surface area contributed by atoms with Gasteiger partial charge in [-0.25, -0.2) is 15.0 Å². The summed E-state index contributed by atoms with van der Waals surface area (Å²) in [6, 6.07) is 0. The molecule has 1 fully saturated rings. The average Bonchev–Trinajstić information content (AvgIpc) is 3.09. The third-order valence-corrected chi connectivity index (χ3v) is 4.42. The van der Waals surface area contributed by atoms with E-state index in [2.05, 4.69) is 24.8 Å². The molecule has 4 rings (SSSR count). The first kappa shape index (κ1) is 14.7. The van der Waals surface area contributed by atoms with E-state index in [4.69, 9.17) is 4.98 Å². The van der Waals surface area contributed by atoms with Crippen LogP contribution in [-0.4, -0.2) is 42.6 Å². The van der Waals surface area contributed by atoms with Crippen molar-refractivity contribution in [3.05, 3.63) is 49.1 Å². The van der Waals surface area contributed by atoms with E-state index in [9.17, 15) is 0 Å². The van der Waals surface area contributed by atoms with Gasteiger partial charge in [0.05, 0.1) is 18.1 Å². The van der Waals surface area contributed by atoms with E-state index in [-0.39, 0.29) is 0 Å². The summed E-state index contributed by atoms with van der Waals surface area (Å²) in [6.07, 6.45) is 14.8. The lowest BCUT2D eigenvalue weighted by Gasteiger charge is -2.33. The lowest BCUT2D eigenvalue weighted by atomic mass is 9.95. The minimum atomic E-state index is 0.341. The summed E-state index contributed by atoms with van der Waals surface area (Å²) in [5.41, 5.74) is 1.83. The molecule has 0 unspecified atom stereocenters. The molecule has 1 saturated heterocycles. The van der Waals surface area contributed by atoms with Crippen LogP contribution in [0.1, 0.15) is 24.5 Å². The Hall–Kier alpha value is -2.83. The van der Waals surface area contributed by atoms with Gasteiger partial charge in [-0.05, 0) is 12.8 Å². The molecule has 24 heavy (non-hydrogen) atoms. The van der Waals surface area contributed by atoms with Crippen molar-refractivity contribution in [3.8, 4) is 11.5 Å². The maximum Gasteiger partial charge on any atom is 0.159 e. The minimum absolute atomic E-state index is 0.341. The van der Waals surface area contributed by atoms with Crippen LogP contribution in [-0.2, 0) is 7.05 Å². The first-order valence-corrected chi connectivity index (χ1v) is 8.12. The molecule has 0 amide bonds. The predicted octanol–water partition coefficient (Wildman–Crippen LogP) is 2.05. The fourth-order valence-electron chi connectivity index (χ4n) is 3.18.